The summed E-state index contributed by atoms with van der Waals surface area (Å²) in [5.41, 5.74) is 0. The van der Waals surface area contributed by atoms with E-state index < -0.39 is 8.80 Å². The van der Waals surface area contributed by atoms with Gasteiger partial charge >= 0.3 is 8.80 Å². The largest absolute Gasteiger partial charge is 0.500 e. The summed E-state index contributed by atoms with van der Waals surface area (Å²) in [7, 11) is -0.918. The molecule has 0 aliphatic carbocycles. The first-order valence-electron chi connectivity index (χ1n) is 5.87. The molecule has 0 aromatic heterocycles. The van der Waals surface area contributed by atoms with E-state index in [2.05, 4.69) is 11.9 Å². The number of hydrogen-bond donors (Lipinski definition) is 1. The highest BCUT2D eigenvalue weighted by molar-refractivity contribution is 6.60. The quantitative estimate of drug-likeness (QED) is 0.366. The van der Waals surface area contributed by atoms with Gasteiger partial charge in [-0.25, -0.2) is 0 Å². The molecule has 0 aliphatic heterocycles. The second kappa shape index (κ2) is 9.35. The van der Waals surface area contributed by atoms with Crippen LogP contribution in [0.4, 0.5) is 0 Å². The number of hydrogen-bond acceptors (Lipinski definition) is 4. The Labute approximate surface area is 105 Å². The molecule has 0 unspecified atom stereocenters. The Kier molecular flexibility index (Phi) is 8.97. The molecule has 0 saturated carbocycles. The van der Waals surface area contributed by atoms with Gasteiger partial charge in [0.05, 0.1) is 0 Å². The minimum atomic E-state index is -2.53. The summed E-state index contributed by atoms with van der Waals surface area (Å²) in [6, 6.07) is 0.697. The lowest BCUT2D eigenvalue weighted by molar-refractivity contribution is -0.116. The van der Waals surface area contributed by atoms with E-state index in [-0.39, 0.29) is 5.91 Å². The SMILES string of the molecule is C=CC(=O)NCCC[Si](OC)(OCC)OCC. The lowest BCUT2D eigenvalue weighted by atomic mass is 10.4. The van der Waals surface area contributed by atoms with Gasteiger partial charge in [-0.05, 0) is 26.3 Å². The molecule has 1 amide bonds. The molecule has 0 aromatic rings. The monoisotopic (exact) mass is 261 g/mol. The Morgan fingerprint density at radius 2 is 1.94 bits per heavy atom. The molecule has 6 heteroatoms. The smallest absolute Gasteiger partial charge is 0.377 e. The van der Waals surface area contributed by atoms with Crippen molar-refractivity contribution in [1.29, 1.82) is 0 Å². The molecule has 5 nitrogen and oxygen atoms in total. The molecule has 0 heterocycles. The van der Waals surface area contributed by atoms with Gasteiger partial charge in [0.1, 0.15) is 0 Å². The van der Waals surface area contributed by atoms with Crippen molar-refractivity contribution in [2.75, 3.05) is 26.9 Å². The molecule has 0 bridgehead atoms. The number of rotatable bonds is 10. The van der Waals surface area contributed by atoms with E-state index in [1.54, 1.807) is 7.11 Å². The summed E-state index contributed by atoms with van der Waals surface area (Å²) in [5, 5.41) is 2.71. The zero-order chi connectivity index (χ0) is 13.1. The van der Waals surface area contributed by atoms with E-state index in [1.165, 1.54) is 6.08 Å². The maximum absolute atomic E-state index is 10.9. The Bertz CT molecular complexity index is 230. The molecule has 0 rings (SSSR count). The van der Waals surface area contributed by atoms with E-state index >= 15 is 0 Å². The maximum Gasteiger partial charge on any atom is 0.500 e. The highest BCUT2D eigenvalue weighted by Crippen LogP contribution is 2.16. The van der Waals surface area contributed by atoms with Gasteiger partial charge in [0.25, 0.3) is 0 Å². The molecule has 17 heavy (non-hydrogen) atoms. The Balaban J connectivity index is 4.06. The summed E-state index contributed by atoms with van der Waals surface area (Å²) < 4.78 is 16.6. The third-order valence-electron chi connectivity index (χ3n) is 2.18. The molecule has 0 aliphatic rings. The van der Waals surface area contributed by atoms with Gasteiger partial charge in [-0.1, -0.05) is 6.58 Å². The minimum Gasteiger partial charge on any atom is -0.377 e. The number of nitrogens with one attached hydrogen (secondary N) is 1. The third-order valence-corrected chi connectivity index (χ3v) is 5.23. The van der Waals surface area contributed by atoms with Crippen LogP contribution in [0, 0.1) is 0 Å². The second-order valence-electron chi connectivity index (χ2n) is 3.35. The summed E-state index contributed by atoms with van der Waals surface area (Å²) in [6.07, 6.45) is 2.02. The van der Waals surface area contributed by atoms with Crippen LogP contribution < -0.4 is 5.32 Å². The van der Waals surface area contributed by atoms with Gasteiger partial charge in [-0.3, -0.25) is 4.79 Å². The molecule has 1 N–H and O–H groups in total. The van der Waals surface area contributed by atoms with Crippen molar-refractivity contribution in [3.05, 3.63) is 12.7 Å². The molecule has 100 valence electrons. The Morgan fingerprint density at radius 1 is 1.35 bits per heavy atom. The maximum atomic E-state index is 10.9. The van der Waals surface area contributed by atoms with Crippen LogP contribution in [0.1, 0.15) is 20.3 Å². The van der Waals surface area contributed by atoms with E-state index in [0.29, 0.717) is 25.8 Å². The molecule has 0 atom stereocenters. The Morgan fingerprint density at radius 3 is 2.35 bits per heavy atom. The molecule has 0 aromatic carbocycles. The summed E-state index contributed by atoms with van der Waals surface area (Å²) in [4.78, 5) is 10.9. The van der Waals surface area contributed by atoms with Crippen molar-refractivity contribution >= 4 is 14.7 Å². The van der Waals surface area contributed by atoms with Crippen LogP contribution in [0.5, 0.6) is 0 Å². The first-order chi connectivity index (χ1) is 8.14. The van der Waals surface area contributed by atoms with Crippen LogP contribution in [0.25, 0.3) is 0 Å². The van der Waals surface area contributed by atoms with E-state index in [0.717, 1.165) is 6.42 Å². The van der Waals surface area contributed by atoms with Crippen molar-refractivity contribution in [3.8, 4) is 0 Å². The topological polar surface area (TPSA) is 56.8 Å². The zero-order valence-electron chi connectivity index (χ0n) is 11.0. The summed E-state index contributed by atoms with van der Waals surface area (Å²) >= 11 is 0. The average molecular weight is 261 g/mol. The lowest BCUT2D eigenvalue weighted by Crippen LogP contribution is -2.45. The van der Waals surface area contributed by atoms with Crippen LogP contribution in [-0.2, 0) is 18.1 Å². The number of amides is 1. The molecule has 0 saturated heterocycles. The van der Waals surface area contributed by atoms with E-state index in [9.17, 15) is 4.79 Å². The highest BCUT2D eigenvalue weighted by Gasteiger charge is 2.38. The van der Waals surface area contributed by atoms with Crippen molar-refractivity contribution in [3.63, 3.8) is 0 Å². The first-order valence-corrected chi connectivity index (χ1v) is 7.80. The second-order valence-corrected chi connectivity index (χ2v) is 6.20. The van der Waals surface area contributed by atoms with Crippen LogP contribution in [0.15, 0.2) is 12.7 Å². The fraction of sp³-hybridized carbons (Fsp3) is 0.727. The standard InChI is InChI=1S/C11H23NO4Si/c1-5-11(13)12-9-8-10-17(14-4,15-6-2)16-7-3/h5H,1,6-10H2,2-4H3,(H,12,13). The molecular formula is C11H23NO4Si. The molecule has 0 spiro atoms. The van der Waals surface area contributed by atoms with Crippen LogP contribution >= 0.6 is 0 Å². The van der Waals surface area contributed by atoms with Crippen molar-refractivity contribution in [1.82, 2.24) is 5.32 Å². The van der Waals surface area contributed by atoms with Gasteiger partial charge in [-0.15, -0.1) is 0 Å². The fourth-order valence-corrected chi connectivity index (χ4v) is 3.74. The fourth-order valence-electron chi connectivity index (χ4n) is 1.43. The average Bonchev–Trinajstić information content (AvgIpc) is 2.34. The van der Waals surface area contributed by atoms with Crippen LogP contribution in [0.3, 0.4) is 0 Å². The summed E-state index contributed by atoms with van der Waals surface area (Å²) in [6.45, 7) is 8.93. The molecular weight excluding hydrogens is 238 g/mol. The molecule has 0 radical (unpaired) electrons. The van der Waals surface area contributed by atoms with Gasteiger partial charge in [0.2, 0.25) is 5.91 Å². The normalized spacial score (nSPS) is 11.2. The minimum absolute atomic E-state index is 0.164. The van der Waals surface area contributed by atoms with Gasteiger partial charge in [-0.2, -0.15) is 0 Å². The first kappa shape index (κ1) is 16.3. The van der Waals surface area contributed by atoms with E-state index in [1.807, 2.05) is 13.8 Å². The van der Waals surface area contributed by atoms with Crippen molar-refractivity contribution in [2.45, 2.75) is 26.3 Å². The van der Waals surface area contributed by atoms with Gasteiger partial charge in [0.15, 0.2) is 0 Å². The van der Waals surface area contributed by atoms with Crippen LogP contribution in [-0.4, -0.2) is 41.6 Å². The lowest BCUT2D eigenvalue weighted by Gasteiger charge is -2.27. The van der Waals surface area contributed by atoms with Crippen molar-refractivity contribution < 1.29 is 18.1 Å². The Hall–Kier alpha value is -0.693. The molecule has 0 fully saturated rings. The highest BCUT2D eigenvalue weighted by atomic mass is 28.4. The zero-order valence-corrected chi connectivity index (χ0v) is 12.0. The predicted octanol–water partition coefficient (Wildman–Crippen LogP) is 1.34. The number of carbonyl (C=O) groups is 1. The van der Waals surface area contributed by atoms with Crippen LogP contribution in [0.2, 0.25) is 6.04 Å². The number of carbonyl (C=O) groups excluding carboxylic acids is 1. The van der Waals surface area contributed by atoms with Gasteiger partial charge < -0.3 is 18.6 Å². The predicted molar refractivity (Wildman–Crippen MR) is 68.6 cm³/mol. The van der Waals surface area contributed by atoms with Crippen molar-refractivity contribution in [2.24, 2.45) is 0 Å². The van der Waals surface area contributed by atoms with E-state index in [4.69, 9.17) is 13.3 Å². The van der Waals surface area contributed by atoms with Gasteiger partial charge in [0, 0.05) is 32.9 Å². The third kappa shape index (κ3) is 6.57. The summed E-state index contributed by atoms with van der Waals surface area (Å²) in [5.74, 6) is -0.164.